The number of nitrogens with one attached hydrogen (secondary N) is 1. The van der Waals surface area contributed by atoms with Gasteiger partial charge in [0.25, 0.3) is 10.0 Å². The van der Waals surface area contributed by atoms with Crippen LogP contribution in [0.15, 0.2) is 53.6 Å². The highest BCUT2D eigenvalue weighted by molar-refractivity contribution is 7.90. The van der Waals surface area contributed by atoms with Crippen molar-refractivity contribution in [2.45, 2.75) is 24.0 Å². The highest BCUT2D eigenvalue weighted by Crippen LogP contribution is 2.36. The van der Waals surface area contributed by atoms with Gasteiger partial charge < -0.3 is 15.5 Å². The first-order chi connectivity index (χ1) is 14.3. The fraction of sp³-hybridized carbons (Fsp3) is 0.211. The van der Waals surface area contributed by atoms with Gasteiger partial charge in [0.15, 0.2) is 11.6 Å². The zero-order valence-electron chi connectivity index (χ0n) is 16.2. The van der Waals surface area contributed by atoms with Crippen molar-refractivity contribution < 1.29 is 41.0 Å². The second-order valence-corrected chi connectivity index (χ2v) is 8.11. The zero-order valence-corrected chi connectivity index (χ0v) is 17.0. The number of hydrogen-bond acceptors (Lipinski definition) is 5. The summed E-state index contributed by atoms with van der Waals surface area (Å²) in [5, 5.41) is 20.6. The summed E-state index contributed by atoms with van der Waals surface area (Å²) in [5.74, 6) is -4.09. The highest BCUT2D eigenvalue weighted by Gasteiger charge is 2.38. The number of carbonyl (C=O) groups is 1. The Kier molecular flexibility index (Phi) is 6.96. The fourth-order valence-corrected chi connectivity index (χ4v) is 4.10. The van der Waals surface area contributed by atoms with E-state index in [0.717, 1.165) is 10.0 Å². The van der Waals surface area contributed by atoms with Crippen molar-refractivity contribution in [3.63, 3.8) is 0 Å². The Labute approximate surface area is 174 Å². The number of aromatic nitrogens is 1. The topological polar surface area (TPSA) is 109 Å². The van der Waals surface area contributed by atoms with Gasteiger partial charge in [-0.05, 0) is 32.2 Å². The molecule has 1 heterocycles. The Morgan fingerprint density at radius 2 is 1.71 bits per heavy atom. The molecule has 3 rings (SSSR count). The van der Waals surface area contributed by atoms with Crippen molar-refractivity contribution in [1.82, 2.24) is 9.29 Å². The molecule has 0 aliphatic heterocycles. The van der Waals surface area contributed by atoms with E-state index in [1.165, 1.54) is 18.3 Å². The Morgan fingerprint density at radius 3 is 2.19 bits per heavy atom. The number of benzene rings is 2. The van der Waals surface area contributed by atoms with Crippen molar-refractivity contribution in [2.75, 3.05) is 7.05 Å². The molecule has 168 valence electrons. The minimum Gasteiger partial charge on any atom is -0.505 e. The summed E-state index contributed by atoms with van der Waals surface area (Å²) < 4.78 is 72.6. The maximum atomic E-state index is 14.2. The van der Waals surface area contributed by atoms with E-state index in [1.807, 2.05) is 0 Å². The monoisotopic (exact) mass is 462 g/mol. The van der Waals surface area contributed by atoms with Crippen LogP contribution in [0.2, 0.25) is 0 Å². The number of nitrogens with zero attached hydrogens (tertiary/aromatic N) is 1. The average molecular weight is 462 g/mol. The number of halogens is 4. The standard InChI is InChI=1S/C17H17FN2O3S.C2HF3O2/c1-11(19-2)16-13-8-9-20(15(13)10-14(18)17(16)21)24(22,23)12-6-4-3-5-7-12;3-2(4,5)1(6)7/h3-11,19,21H,1-2H3;(H,6,7). The number of carboxylic acid groups (broad SMARTS) is 1. The van der Waals surface area contributed by atoms with Crippen LogP contribution in [0, 0.1) is 5.82 Å². The van der Waals surface area contributed by atoms with E-state index in [1.54, 1.807) is 38.2 Å². The van der Waals surface area contributed by atoms with Gasteiger partial charge in [0, 0.05) is 29.3 Å². The van der Waals surface area contributed by atoms with E-state index in [4.69, 9.17) is 9.90 Å². The number of aliphatic carboxylic acids is 1. The molecule has 1 atom stereocenters. The molecule has 1 unspecified atom stereocenters. The third-order valence-corrected chi connectivity index (χ3v) is 6.04. The quantitative estimate of drug-likeness (QED) is 0.511. The molecule has 3 aromatic rings. The molecule has 0 fully saturated rings. The Morgan fingerprint density at radius 1 is 1.16 bits per heavy atom. The van der Waals surface area contributed by atoms with Crippen molar-refractivity contribution in [2.24, 2.45) is 0 Å². The highest BCUT2D eigenvalue weighted by atomic mass is 32.2. The van der Waals surface area contributed by atoms with Crippen LogP contribution in [0.3, 0.4) is 0 Å². The summed E-state index contributed by atoms with van der Waals surface area (Å²) in [6.07, 6.45) is -3.71. The van der Waals surface area contributed by atoms with E-state index >= 15 is 0 Å². The first-order valence-corrected chi connectivity index (χ1v) is 10.1. The summed E-state index contributed by atoms with van der Waals surface area (Å²) in [6, 6.07) is 10.2. The van der Waals surface area contributed by atoms with Crippen LogP contribution >= 0.6 is 0 Å². The second kappa shape index (κ2) is 8.94. The molecular formula is C19H18F4N2O5S. The maximum absolute atomic E-state index is 14.2. The summed E-state index contributed by atoms with van der Waals surface area (Å²) in [6.45, 7) is 1.76. The van der Waals surface area contributed by atoms with E-state index in [9.17, 15) is 31.1 Å². The first kappa shape index (κ1) is 24.2. The lowest BCUT2D eigenvalue weighted by atomic mass is 10.0. The molecule has 3 N–H and O–H groups in total. The van der Waals surface area contributed by atoms with Crippen molar-refractivity contribution in [3.8, 4) is 5.75 Å². The molecule has 0 amide bonds. The maximum Gasteiger partial charge on any atom is 0.490 e. The normalized spacial score (nSPS) is 12.8. The number of alkyl halides is 3. The zero-order chi connectivity index (χ0) is 23.6. The van der Waals surface area contributed by atoms with Crippen LogP contribution < -0.4 is 5.32 Å². The summed E-state index contributed by atoms with van der Waals surface area (Å²) >= 11 is 0. The molecule has 7 nitrogen and oxygen atoms in total. The van der Waals surface area contributed by atoms with Crippen LogP contribution in [0.5, 0.6) is 5.75 Å². The van der Waals surface area contributed by atoms with Crippen LogP contribution in [-0.2, 0) is 14.8 Å². The van der Waals surface area contributed by atoms with Gasteiger partial charge in [0.2, 0.25) is 0 Å². The van der Waals surface area contributed by atoms with Crippen molar-refractivity contribution in [1.29, 1.82) is 0 Å². The molecular weight excluding hydrogens is 444 g/mol. The van der Waals surface area contributed by atoms with Gasteiger partial charge in [0.1, 0.15) is 0 Å². The first-order valence-electron chi connectivity index (χ1n) is 8.62. The van der Waals surface area contributed by atoms with E-state index in [-0.39, 0.29) is 16.5 Å². The molecule has 0 bridgehead atoms. The molecule has 0 aliphatic rings. The lowest BCUT2D eigenvalue weighted by molar-refractivity contribution is -0.192. The molecule has 2 aromatic carbocycles. The van der Waals surface area contributed by atoms with Gasteiger partial charge in [0.05, 0.1) is 10.4 Å². The number of hydrogen-bond donors (Lipinski definition) is 3. The van der Waals surface area contributed by atoms with Crippen LogP contribution in [0.25, 0.3) is 10.9 Å². The lowest BCUT2D eigenvalue weighted by Gasteiger charge is -2.15. The van der Waals surface area contributed by atoms with E-state index < -0.39 is 33.7 Å². The van der Waals surface area contributed by atoms with Gasteiger partial charge in [-0.1, -0.05) is 18.2 Å². The third-order valence-electron chi connectivity index (χ3n) is 4.33. The van der Waals surface area contributed by atoms with Crippen LogP contribution in [0.1, 0.15) is 18.5 Å². The number of fused-ring (bicyclic) bond motifs is 1. The fourth-order valence-electron chi connectivity index (χ4n) is 2.74. The average Bonchev–Trinajstić information content (AvgIpc) is 3.12. The predicted octanol–water partition coefficient (Wildman–Crippen LogP) is 3.64. The minimum atomic E-state index is -5.08. The van der Waals surface area contributed by atoms with Crippen LogP contribution in [0.4, 0.5) is 17.6 Å². The largest absolute Gasteiger partial charge is 0.505 e. The smallest absolute Gasteiger partial charge is 0.490 e. The molecule has 1 aromatic heterocycles. The summed E-state index contributed by atoms with van der Waals surface area (Å²) in [4.78, 5) is 9.01. The summed E-state index contributed by atoms with van der Waals surface area (Å²) in [7, 11) is -2.17. The lowest BCUT2D eigenvalue weighted by Crippen LogP contribution is -2.21. The number of aromatic hydroxyl groups is 1. The predicted molar refractivity (Wildman–Crippen MR) is 104 cm³/mol. The number of carboxylic acids is 1. The Bertz CT molecular complexity index is 1190. The SMILES string of the molecule is CNC(C)c1c(O)c(F)cc2c1ccn2S(=O)(=O)c1ccccc1.O=C(O)C(F)(F)F. The van der Waals surface area contributed by atoms with Crippen molar-refractivity contribution in [3.05, 3.63) is 60.0 Å². The molecule has 0 spiro atoms. The minimum absolute atomic E-state index is 0.110. The van der Waals surface area contributed by atoms with Crippen molar-refractivity contribution >= 4 is 26.9 Å². The number of phenols is 1. The molecule has 31 heavy (non-hydrogen) atoms. The Balaban J connectivity index is 0.000000423. The molecule has 0 saturated heterocycles. The Hall–Kier alpha value is -3.12. The van der Waals surface area contributed by atoms with E-state index in [2.05, 4.69) is 5.32 Å². The molecule has 12 heteroatoms. The third kappa shape index (κ3) is 4.97. The summed E-state index contributed by atoms with van der Waals surface area (Å²) in [5.41, 5.74) is 0.515. The van der Waals surface area contributed by atoms with Gasteiger partial charge in [-0.15, -0.1) is 0 Å². The van der Waals surface area contributed by atoms with Gasteiger partial charge in [-0.2, -0.15) is 13.2 Å². The molecule has 0 radical (unpaired) electrons. The van der Waals surface area contributed by atoms with Gasteiger partial charge in [-0.3, -0.25) is 0 Å². The number of rotatable bonds is 4. The molecule has 0 aliphatic carbocycles. The van der Waals surface area contributed by atoms with Gasteiger partial charge >= 0.3 is 12.1 Å². The number of phenolic OH excluding ortho intramolecular Hbond substituents is 1. The van der Waals surface area contributed by atoms with E-state index in [0.29, 0.717) is 10.9 Å². The molecule has 0 saturated carbocycles. The second-order valence-electron chi connectivity index (χ2n) is 6.30. The van der Waals surface area contributed by atoms with Gasteiger partial charge in [-0.25, -0.2) is 21.6 Å². The van der Waals surface area contributed by atoms with Crippen LogP contribution in [-0.4, -0.2) is 41.8 Å².